The molecule has 0 saturated carbocycles. The minimum atomic E-state index is -1.05. The van der Waals surface area contributed by atoms with Crippen LogP contribution in [0.3, 0.4) is 0 Å². The van der Waals surface area contributed by atoms with Gasteiger partial charge in [-0.2, -0.15) is 0 Å². The van der Waals surface area contributed by atoms with Gasteiger partial charge in [-0.15, -0.1) is 0 Å². The van der Waals surface area contributed by atoms with E-state index in [2.05, 4.69) is 4.98 Å². The van der Waals surface area contributed by atoms with Crippen molar-refractivity contribution in [2.45, 2.75) is 0 Å². The summed E-state index contributed by atoms with van der Waals surface area (Å²) in [6.45, 7) is 0. The van der Waals surface area contributed by atoms with Crippen molar-refractivity contribution in [3.63, 3.8) is 0 Å². The smallest absolute Gasteiger partial charge is 0.355 e. The standard InChI is InChI=1S/C11H9NO3/c1-15-8-4-2-3-7-5-6-12-10(9(7)8)11(13)14/h2-6H,1H3,(H,13,14). The Morgan fingerprint density at radius 1 is 1.40 bits per heavy atom. The summed E-state index contributed by atoms with van der Waals surface area (Å²) in [4.78, 5) is 14.8. The Morgan fingerprint density at radius 2 is 2.20 bits per heavy atom. The van der Waals surface area contributed by atoms with Gasteiger partial charge in [0.15, 0.2) is 5.69 Å². The number of hydrogen-bond donors (Lipinski definition) is 1. The molecule has 2 aromatic rings. The lowest BCUT2D eigenvalue weighted by Gasteiger charge is -2.06. The van der Waals surface area contributed by atoms with Crippen molar-refractivity contribution < 1.29 is 14.6 Å². The molecule has 15 heavy (non-hydrogen) atoms. The number of carboxylic acid groups (broad SMARTS) is 1. The number of ether oxygens (including phenoxy) is 1. The highest BCUT2D eigenvalue weighted by atomic mass is 16.5. The molecule has 4 heteroatoms. The molecule has 0 amide bonds. The number of carbonyl (C=O) groups is 1. The Bertz CT molecular complexity index is 517. The van der Waals surface area contributed by atoms with E-state index in [1.807, 2.05) is 12.1 Å². The first-order chi connectivity index (χ1) is 7.24. The summed E-state index contributed by atoms with van der Waals surface area (Å²) in [7, 11) is 1.51. The molecule has 0 unspecified atom stereocenters. The van der Waals surface area contributed by atoms with Crippen molar-refractivity contribution in [1.29, 1.82) is 0 Å². The largest absolute Gasteiger partial charge is 0.496 e. The van der Waals surface area contributed by atoms with Gasteiger partial charge in [0.1, 0.15) is 5.75 Å². The average molecular weight is 203 g/mol. The summed E-state index contributed by atoms with van der Waals surface area (Å²) in [5.74, 6) is -0.525. The van der Waals surface area contributed by atoms with Gasteiger partial charge in [0, 0.05) is 6.20 Å². The third-order valence-corrected chi connectivity index (χ3v) is 2.18. The molecule has 0 aliphatic carbocycles. The normalized spacial score (nSPS) is 10.2. The van der Waals surface area contributed by atoms with Crippen LogP contribution in [0, 0.1) is 0 Å². The Morgan fingerprint density at radius 3 is 2.87 bits per heavy atom. The molecule has 0 atom stereocenters. The SMILES string of the molecule is COc1cccc2ccnc(C(=O)O)c12. The van der Waals surface area contributed by atoms with E-state index in [0.717, 1.165) is 5.39 Å². The fraction of sp³-hybridized carbons (Fsp3) is 0.0909. The third kappa shape index (κ3) is 1.50. The Balaban J connectivity index is 2.87. The summed E-state index contributed by atoms with van der Waals surface area (Å²) in [6.07, 6.45) is 1.48. The van der Waals surface area contributed by atoms with Crippen LogP contribution in [-0.4, -0.2) is 23.2 Å². The molecule has 2 rings (SSSR count). The van der Waals surface area contributed by atoms with Crippen LogP contribution < -0.4 is 4.74 Å². The van der Waals surface area contributed by atoms with Gasteiger partial charge in [0.25, 0.3) is 0 Å². The van der Waals surface area contributed by atoms with Crippen LogP contribution in [0.4, 0.5) is 0 Å². The van der Waals surface area contributed by atoms with Gasteiger partial charge in [-0.05, 0) is 17.5 Å². The summed E-state index contributed by atoms with van der Waals surface area (Å²) >= 11 is 0. The maximum Gasteiger partial charge on any atom is 0.355 e. The van der Waals surface area contributed by atoms with Crippen molar-refractivity contribution in [3.8, 4) is 5.75 Å². The molecule has 0 fully saturated rings. The molecule has 4 nitrogen and oxygen atoms in total. The van der Waals surface area contributed by atoms with Crippen LogP contribution in [-0.2, 0) is 0 Å². The van der Waals surface area contributed by atoms with Crippen LogP contribution in [0.2, 0.25) is 0 Å². The molecule has 76 valence electrons. The fourth-order valence-corrected chi connectivity index (χ4v) is 1.53. The Hall–Kier alpha value is -2.10. The van der Waals surface area contributed by atoms with Gasteiger partial charge >= 0.3 is 5.97 Å². The van der Waals surface area contributed by atoms with Crippen molar-refractivity contribution in [2.24, 2.45) is 0 Å². The molecule has 0 spiro atoms. The number of benzene rings is 1. The Labute approximate surface area is 86.1 Å². The fourth-order valence-electron chi connectivity index (χ4n) is 1.53. The Kier molecular flexibility index (Phi) is 2.25. The second-order valence-corrected chi connectivity index (χ2v) is 3.02. The number of pyridine rings is 1. The zero-order valence-corrected chi connectivity index (χ0v) is 8.10. The van der Waals surface area contributed by atoms with Crippen LogP contribution in [0.25, 0.3) is 10.8 Å². The number of methoxy groups -OCH3 is 1. The number of fused-ring (bicyclic) bond motifs is 1. The molecule has 1 N–H and O–H groups in total. The van der Waals surface area contributed by atoms with Crippen LogP contribution in [0.15, 0.2) is 30.5 Å². The predicted molar refractivity (Wildman–Crippen MR) is 55.3 cm³/mol. The van der Waals surface area contributed by atoms with Crippen molar-refractivity contribution >= 4 is 16.7 Å². The summed E-state index contributed by atoms with van der Waals surface area (Å²) < 4.78 is 5.11. The van der Waals surface area contributed by atoms with Gasteiger partial charge < -0.3 is 9.84 Å². The first kappa shape index (κ1) is 9.45. The molecular formula is C11H9NO3. The minimum Gasteiger partial charge on any atom is -0.496 e. The van der Waals surface area contributed by atoms with Crippen molar-refractivity contribution in [3.05, 3.63) is 36.2 Å². The van der Waals surface area contributed by atoms with E-state index in [9.17, 15) is 4.79 Å². The van der Waals surface area contributed by atoms with Crippen LogP contribution in [0.5, 0.6) is 5.75 Å². The first-order valence-electron chi connectivity index (χ1n) is 4.39. The molecular weight excluding hydrogens is 194 g/mol. The third-order valence-electron chi connectivity index (χ3n) is 2.18. The quantitative estimate of drug-likeness (QED) is 0.810. The maximum atomic E-state index is 11.0. The number of aromatic carboxylic acids is 1. The van der Waals surface area contributed by atoms with Gasteiger partial charge in [-0.25, -0.2) is 9.78 Å². The lowest BCUT2D eigenvalue weighted by atomic mass is 10.1. The molecule has 0 bridgehead atoms. The number of carboxylic acids is 1. The lowest BCUT2D eigenvalue weighted by molar-refractivity contribution is 0.0692. The van der Waals surface area contributed by atoms with Crippen LogP contribution in [0.1, 0.15) is 10.5 Å². The van der Waals surface area contributed by atoms with Gasteiger partial charge in [-0.3, -0.25) is 0 Å². The number of aromatic nitrogens is 1. The van der Waals surface area contributed by atoms with E-state index in [1.165, 1.54) is 13.3 Å². The van der Waals surface area contributed by atoms with E-state index in [-0.39, 0.29) is 5.69 Å². The molecule has 1 aromatic carbocycles. The number of hydrogen-bond acceptors (Lipinski definition) is 3. The van der Waals surface area contributed by atoms with E-state index in [0.29, 0.717) is 11.1 Å². The highest BCUT2D eigenvalue weighted by molar-refractivity contribution is 6.04. The second kappa shape index (κ2) is 3.57. The number of rotatable bonds is 2. The summed E-state index contributed by atoms with van der Waals surface area (Å²) in [6, 6.07) is 7.11. The second-order valence-electron chi connectivity index (χ2n) is 3.02. The molecule has 1 heterocycles. The van der Waals surface area contributed by atoms with E-state index in [1.54, 1.807) is 12.1 Å². The topological polar surface area (TPSA) is 59.4 Å². The van der Waals surface area contributed by atoms with Gasteiger partial charge in [0.2, 0.25) is 0 Å². The first-order valence-corrected chi connectivity index (χ1v) is 4.39. The van der Waals surface area contributed by atoms with Crippen molar-refractivity contribution in [2.75, 3.05) is 7.11 Å². The zero-order chi connectivity index (χ0) is 10.8. The van der Waals surface area contributed by atoms with Gasteiger partial charge in [0.05, 0.1) is 12.5 Å². The van der Waals surface area contributed by atoms with Gasteiger partial charge in [-0.1, -0.05) is 12.1 Å². The number of nitrogens with zero attached hydrogens (tertiary/aromatic N) is 1. The van der Waals surface area contributed by atoms with E-state index < -0.39 is 5.97 Å². The van der Waals surface area contributed by atoms with Crippen molar-refractivity contribution in [1.82, 2.24) is 4.98 Å². The summed E-state index contributed by atoms with van der Waals surface area (Å²) in [5, 5.41) is 10.3. The molecule has 0 aliphatic heterocycles. The monoisotopic (exact) mass is 203 g/mol. The lowest BCUT2D eigenvalue weighted by Crippen LogP contribution is -2.02. The highest BCUT2D eigenvalue weighted by Crippen LogP contribution is 2.27. The average Bonchev–Trinajstić information content (AvgIpc) is 2.27. The predicted octanol–water partition coefficient (Wildman–Crippen LogP) is 1.94. The zero-order valence-electron chi connectivity index (χ0n) is 8.10. The molecule has 0 saturated heterocycles. The molecule has 1 aromatic heterocycles. The highest BCUT2D eigenvalue weighted by Gasteiger charge is 2.13. The molecule has 0 aliphatic rings. The summed E-state index contributed by atoms with van der Waals surface area (Å²) in [5.41, 5.74) is 0.0185. The molecule has 0 radical (unpaired) electrons. The van der Waals surface area contributed by atoms with Crippen LogP contribution >= 0.6 is 0 Å². The minimum absolute atomic E-state index is 0.0185. The van der Waals surface area contributed by atoms with E-state index in [4.69, 9.17) is 9.84 Å². The van der Waals surface area contributed by atoms with E-state index >= 15 is 0 Å². The maximum absolute atomic E-state index is 11.0.